The van der Waals surface area contributed by atoms with Crippen molar-refractivity contribution in [3.05, 3.63) is 84.0 Å². The fourth-order valence-electron chi connectivity index (χ4n) is 3.19. The molecule has 0 amide bonds. The van der Waals surface area contributed by atoms with Crippen molar-refractivity contribution in [3.8, 4) is 0 Å². The Balaban J connectivity index is 2.02. The maximum atomic E-state index is 11.5. The molecule has 0 saturated heterocycles. The molecule has 1 heterocycles. The molecule has 0 fully saturated rings. The first-order valence-electron chi connectivity index (χ1n) is 8.78. The Morgan fingerprint density at radius 2 is 1.78 bits per heavy atom. The van der Waals surface area contributed by atoms with Crippen molar-refractivity contribution in [1.29, 1.82) is 0 Å². The first kappa shape index (κ1) is 19.1. The number of allylic oxidation sites excluding steroid dienone is 2. The largest absolute Gasteiger partial charge is 0.257 e. The first-order chi connectivity index (χ1) is 12.9. The zero-order chi connectivity index (χ0) is 19.4. The molecule has 27 heavy (non-hydrogen) atoms. The molecule has 2 N–H and O–H groups in total. The van der Waals surface area contributed by atoms with E-state index >= 15 is 0 Å². The second kappa shape index (κ2) is 7.90. The molecule has 6 heteroatoms. The lowest BCUT2D eigenvalue weighted by atomic mass is 9.97. The van der Waals surface area contributed by atoms with E-state index in [1.165, 1.54) is 12.1 Å². The van der Waals surface area contributed by atoms with Crippen molar-refractivity contribution < 1.29 is 8.42 Å². The summed E-state index contributed by atoms with van der Waals surface area (Å²) in [6.07, 6.45) is 6.95. The normalized spacial score (nSPS) is 18.2. The molecule has 2 aromatic rings. The Hall–Kier alpha value is -2.70. The van der Waals surface area contributed by atoms with Crippen molar-refractivity contribution >= 4 is 21.4 Å². The number of nitrogens with zero attached hydrogens (tertiary/aromatic N) is 2. The monoisotopic (exact) mass is 381 g/mol. The number of hydrogen-bond acceptors (Lipinski definition) is 4. The molecule has 0 radical (unpaired) electrons. The van der Waals surface area contributed by atoms with Crippen molar-refractivity contribution in [2.45, 2.75) is 31.2 Å². The summed E-state index contributed by atoms with van der Waals surface area (Å²) in [5, 5.41) is 12.0. The van der Waals surface area contributed by atoms with Crippen molar-refractivity contribution in [1.82, 2.24) is 0 Å². The summed E-state index contributed by atoms with van der Waals surface area (Å²) >= 11 is 0. The fraction of sp³-hybridized carbons (Fsp3) is 0.190. The van der Waals surface area contributed by atoms with E-state index in [2.05, 4.69) is 24.3 Å². The minimum absolute atomic E-state index is 0.0433. The number of nitrogens with two attached hydrogens (primary N) is 1. The number of primary sulfonamides is 1. The van der Waals surface area contributed by atoms with Gasteiger partial charge in [-0.05, 0) is 49.2 Å². The topological polar surface area (TPSA) is 75.8 Å². The molecule has 0 spiro atoms. The molecule has 0 bridgehead atoms. The van der Waals surface area contributed by atoms with E-state index in [0.29, 0.717) is 0 Å². The quantitative estimate of drug-likeness (QED) is 0.800. The van der Waals surface area contributed by atoms with Crippen LogP contribution in [0.25, 0.3) is 0 Å². The summed E-state index contributed by atoms with van der Waals surface area (Å²) in [4.78, 5) is 0.0916. The molecule has 0 aliphatic carbocycles. The Morgan fingerprint density at radius 3 is 2.33 bits per heavy atom. The molecule has 5 nitrogen and oxygen atoms in total. The SMILES string of the molecule is C/C=C\C(=C/C)C1CC(c2ccccc2)=NN1c1ccc(S(N)(=O)=O)cc1. The third-order valence-corrected chi connectivity index (χ3v) is 5.45. The van der Waals surface area contributed by atoms with Gasteiger partial charge in [0.15, 0.2) is 0 Å². The number of sulfonamides is 1. The molecular weight excluding hydrogens is 358 g/mol. The second-order valence-electron chi connectivity index (χ2n) is 6.30. The van der Waals surface area contributed by atoms with Gasteiger partial charge in [0.25, 0.3) is 0 Å². The van der Waals surface area contributed by atoms with Crippen LogP contribution in [0, 0.1) is 0 Å². The number of hydrazone groups is 1. The van der Waals surface area contributed by atoms with Gasteiger partial charge in [-0.3, -0.25) is 5.01 Å². The van der Waals surface area contributed by atoms with Gasteiger partial charge in [0, 0.05) is 6.42 Å². The van der Waals surface area contributed by atoms with Gasteiger partial charge < -0.3 is 0 Å². The van der Waals surface area contributed by atoms with Crippen LogP contribution in [0.15, 0.2) is 88.4 Å². The molecule has 2 aromatic carbocycles. The van der Waals surface area contributed by atoms with Crippen LogP contribution in [0.1, 0.15) is 25.8 Å². The average molecular weight is 382 g/mol. The Kier molecular flexibility index (Phi) is 5.58. The first-order valence-corrected chi connectivity index (χ1v) is 10.3. The van der Waals surface area contributed by atoms with Gasteiger partial charge in [-0.1, -0.05) is 48.6 Å². The lowest BCUT2D eigenvalue weighted by Gasteiger charge is -2.24. The van der Waals surface area contributed by atoms with Crippen molar-refractivity contribution in [2.75, 3.05) is 5.01 Å². The highest BCUT2D eigenvalue weighted by Crippen LogP contribution is 2.31. The molecule has 1 aliphatic rings. The Bertz CT molecular complexity index is 991. The van der Waals surface area contributed by atoms with E-state index in [-0.39, 0.29) is 10.9 Å². The summed E-state index contributed by atoms with van der Waals surface area (Å²) in [6.45, 7) is 4.00. The zero-order valence-electron chi connectivity index (χ0n) is 15.4. The minimum Gasteiger partial charge on any atom is -0.257 e. The van der Waals surface area contributed by atoms with Crippen LogP contribution in [-0.2, 0) is 10.0 Å². The van der Waals surface area contributed by atoms with E-state index in [0.717, 1.165) is 29.0 Å². The number of hydrogen-bond donors (Lipinski definition) is 1. The Labute approximate surface area is 160 Å². The van der Waals surface area contributed by atoms with E-state index in [1.54, 1.807) is 12.1 Å². The van der Waals surface area contributed by atoms with Crippen LogP contribution in [0.2, 0.25) is 0 Å². The van der Waals surface area contributed by atoms with Gasteiger partial charge in [-0.15, -0.1) is 0 Å². The second-order valence-corrected chi connectivity index (χ2v) is 7.87. The number of rotatable bonds is 5. The maximum Gasteiger partial charge on any atom is 0.238 e. The maximum absolute atomic E-state index is 11.5. The van der Waals surface area contributed by atoms with Crippen LogP contribution in [0.5, 0.6) is 0 Å². The molecule has 1 aliphatic heterocycles. The number of anilines is 1. The van der Waals surface area contributed by atoms with Gasteiger partial charge in [0.05, 0.1) is 22.3 Å². The summed E-state index contributed by atoms with van der Waals surface area (Å²) in [6, 6.07) is 16.6. The smallest absolute Gasteiger partial charge is 0.238 e. The average Bonchev–Trinajstić information content (AvgIpc) is 3.11. The predicted octanol–water partition coefficient (Wildman–Crippen LogP) is 3.84. The van der Waals surface area contributed by atoms with Crippen LogP contribution in [0.4, 0.5) is 5.69 Å². The van der Waals surface area contributed by atoms with E-state index < -0.39 is 10.0 Å². The molecule has 1 atom stereocenters. The molecule has 3 rings (SSSR count). The van der Waals surface area contributed by atoms with Crippen LogP contribution < -0.4 is 10.1 Å². The van der Waals surface area contributed by atoms with E-state index in [1.807, 2.05) is 43.1 Å². The summed E-state index contributed by atoms with van der Waals surface area (Å²) < 4.78 is 23.0. The third-order valence-electron chi connectivity index (χ3n) is 4.52. The van der Waals surface area contributed by atoms with Gasteiger partial charge in [0.1, 0.15) is 0 Å². The fourth-order valence-corrected chi connectivity index (χ4v) is 3.71. The zero-order valence-corrected chi connectivity index (χ0v) is 16.2. The summed E-state index contributed by atoms with van der Waals surface area (Å²) in [7, 11) is -3.72. The van der Waals surface area contributed by atoms with Crippen molar-refractivity contribution in [3.63, 3.8) is 0 Å². The summed E-state index contributed by atoms with van der Waals surface area (Å²) in [5.41, 5.74) is 4.06. The molecule has 0 saturated carbocycles. The van der Waals surface area contributed by atoms with Crippen LogP contribution in [-0.4, -0.2) is 20.2 Å². The van der Waals surface area contributed by atoms with Gasteiger partial charge in [-0.2, -0.15) is 5.10 Å². The molecule has 140 valence electrons. The molecular formula is C21H23N3O2S. The predicted molar refractivity (Wildman–Crippen MR) is 110 cm³/mol. The van der Waals surface area contributed by atoms with Crippen LogP contribution in [0.3, 0.4) is 0 Å². The van der Waals surface area contributed by atoms with Crippen molar-refractivity contribution in [2.24, 2.45) is 10.2 Å². The number of benzene rings is 2. The van der Waals surface area contributed by atoms with Gasteiger partial charge in [0.2, 0.25) is 10.0 Å². The summed E-state index contributed by atoms with van der Waals surface area (Å²) in [5.74, 6) is 0. The van der Waals surface area contributed by atoms with Crippen LogP contribution >= 0.6 is 0 Å². The van der Waals surface area contributed by atoms with E-state index in [9.17, 15) is 8.42 Å². The van der Waals surface area contributed by atoms with Gasteiger partial charge in [-0.25, -0.2) is 13.6 Å². The molecule has 1 unspecified atom stereocenters. The highest BCUT2D eigenvalue weighted by molar-refractivity contribution is 7.89. The van der Waals surface area contributed by atoms with E-state index in [4.69, 9.17) is 10.2 Å². The third kappa shape index (κ3) is 4.18. The highest BCUT2D eigenvalue weighted by Gasteiger charge is 2.30. The standard InChI is InChI=1S/C21H23N3O2S/c1-3-8-16(4-2)21-15-20(17-9-6-5-7-10-17)23-24(21)18-11-13-19(14-12-18)27(22,25)26/h3-14,21H,15H2,1-2H3,(H2,22,25,26)/b8-3-,16-4+. The highest BCUT2D eigenvalue weighted by atomic mass is 32.2. The molecule has 0 aromatic heterocycles. The minimum atomic E-state index is -3.72. The lowest BCUT2D eigenvalue weighted by Crippen LogP contribution is -2.28. The Morgan fingerprint density at radius 1 is 1.11 bits per heavy atom. The lowest BCUT2D eigenvalue weighted by molar-refractivity contribution is 0.598. The van der Waals surface area contributed by atoms with Gasteiger partial charge >= 0.3 is 0 Å².